The van der Waals surface area contributed by atoms with Gasteiger partial charge in [-0.3, -0.25) is 0 Å². The molecule has 1 aromatic rings. The van der Waals surface area contributed by atoms with E-state index < -0.39 is 11.9 Å². The number of aromatic nitrogens is 2. The Balaban J connectivity index is 0.000000671. The number of ether oxygens (including phenoxy) is 1. The summed E-state index contributed by atoms with van der Waals surface area (Å²) < 4.78 is 17.8. The third kappa shape index (κ3) is 2.85. The average Bonchev–Trinajstić information content (AvgIpc) is 2.49. The second kappa shape index (κ2) is 5.29. The first-order valence-electron chi connectivity index (χ1n) is 3.93. The van der Waals surface area contributed by atoms with E-state index >= 15 is 0 Å². The summed E-state index contributed by atoms with van der Waals surface area (Å²) >= 11 is 0. The monoisotopic (exact) mass is 188 g/mol. The lowest BCUT2D eigenvalue weighted by atomic mass is 10.4. The van der Waals surface area contributed by atoms with E-state index in [4.69, 9.17) is 0 Å². The molecular formula is C8H13FN2O2. The van der Waals surface area contributed by atoms with Crippen LogP contribution in [0.3, 0.4) is 0 Å². The molecule has 0 atom stereocenters. The van der Waals surface area contributed by atoms with E-state index in [1.54, 1.807) is 0 Å². The molecule has 1 aromatic heterocycles. The lowest BCUT2D eigenvalue weighted by Crippen LogP contribution is -2.02. The molecule has 0 saturated heterocycles. The predicted octanol–water partition coefficient (Wildman–Crippen LogP) is 1.37. The number of methoxy groups -OCH3 is 1. The van der Waals surface area contributed by atoms with E-state index in [0.29, 0.717) is 0 Å². The Morgan fingerprint density at radius 3 is 2.46 bits per heavy atom. The van der Waals surface area contributed by atoms with Crippen LogP contribution in [0.2, 0.25) is 0 Å². The van der Waals surface area contributed by atoms with Crippen molar-refractivity contribution in [2.45, 2.75) is 13.8 Å². The molecular weight excluding hydrogens is 175 g/mol. The van der Waals surface area contributed by atoms with Crippen LogP contribution < -0.4 is 0 Å². The molecule has 1 rings (SSSR count). The molecule has 0 aromatic carbocycles. The summed E-state index contributed by atoms with van der Waals surface area (Å²) in [6, 6.07) is 1.02. The number of esters is 1. The lowest BCUT2D eigenvalue weighted by Gasteiger charge is -1.90. The lowest BCUT2D eigenvalue weighted by molar-refractivity contribution is 0.0593. The van der Waals surface area contributed by atoms with Gasteiger partial charge >= 0.3 is 5.97 Å². The van der Waals surface area contributed by atoms with Crippen LogP contribution in [-0.2, 0) is 11.8 Å². The van der Waals surface area contributed by atoms with Crippen LogP contribution in [0.4, 0.5) is 4.39 Å². The van der Waals surface area contributed by atoms with Crippen molar-refractivity contribution in [2.24, 2.45) is 7.05 Å². The standard InChI is InChI=1S/C6H7FN2O2.C2H6/c1-9-5(7)3-4(8-9)6(10)11-2;1-2/h3H,1-2H3;1-2H3. The SMILES string of the molecule is CC.COC(=O)c1cc(F)n(C)n1. The molecule has 0 aliphatic rings. The Labute approximate surface area is 76.3 Å². The first-order chi connectivity index (χ1) is 6.15. The maximum absolute atomic E-state index is 12.5. The third-order valence-corrected chi connectivity index (χ3v) is 1.22. The van der Waals surface area contributed by atoms with Crippen molar-refractivity contribution in [3.05, 3.63) is 17.7 Å². The van der Waals surface area contributed by atoms with Crippen LogP contribution in [0.5, 0.6) is 0 Å². The highest BCUT2D eigenvalue weighted by molar-refractivity contribution is 5.86. The highest BCUT2D eigenvalue weighted by Crippen LogP contribution is 2.01. The average molecular weight is 188 g/mol. The minimum Gasteiger partial charge on any atom is -0.464 e. The Morgan fingerprint density at radius 2 is 2.15 bits per heavy atom. The summed E-state index contributed by atoms with van der Waals surface area (Å²) in [6.07, 6.45) is 0. The summed E-state index contributed by atoms with van der Waals surface area (Å²) in [6.45, 7) is 4.00. The molecule has 0 fully saturated rings. The number of halogens is 1. The normalized spacial score (nSPS) is 8.69. The van der Waals surface area contributed by atoms with Crippen molar-refractivity contribution in [2.75, 3.05) is 7.11 Å². The number of rotatable bonds is 1. The van der Waals surface area contributed by atoms with E-state index in [1.807, 2.05) is 13.8 Å². The largest absolute Gasteiger partial charge is 0.464 e. The van der Waals surface area contributed by atoms with Gasteiger partial charge in [0.05, 0.1) is 7.11 Å². The van der Waals surface area contributed by atoms with Crippen molar-refractivity contribution >= 4 is 5.97 Å². The van der Waals surface area contributed by atoms with Crippen LogP contribution in [0.15, 0.2) is 6.07 Å². The number of nitrogens with zero attached hydrogens (tertiary/aromatic N) is 2. The highest BCUT2D eigenvalue weighted by Gasteiger charge is 2.11. The molecule has 5 heteroatoms. The molecule has 0 N–H and O–H groups in total. The van der Waals surface area contributed by atoms with E-state index in [1.165, 1.54) is 14.2 Å². The van der Waals surface area contributed by atoms with Crippen molar-refractivity contribution in [3.8, 4) is 0 Å². The molecule has 4 nitrogen and oxygen atoms in total. The second-order valence-corrected chi connectivity index (χ2v) is 1.97. The number of hydrogen-bond acceptors (Lipinski definition) is 3. The zero-order valence-electron chi connectivity index (χ0n) is 8.17. The molecule has 0 unspecified atom stereocenters. The molecule has 1 heterocycles. The van der Waals surface area contributed by atoms with Crippen LogP contribution >= 0.6 is 0 Å². The van der Waals surface area contributed by atoms with Gasteiger partial charge in [-0.05, 0) is 0 Å². The number of carbonyl (C=O) groups is 1. The quantitative estimate of drug-likeness (QED) is 0.625. The van der Waals surface area contributed by atoms with Gasteiger partial charge in [-0.15, -0.1) is 0 Å². The predicted molar refractivity (Wildman–Crippen MR) is 45.9 cm³/mol. The number of carbonyl (C=O) groups excluding carboxylic acids is 1. The molecule has 13 heavy (non-hydrogen) atoms. The molecule has 0 saturated carbocycles. The Hall–Kier alpha value is -1.39. The molecule has 0 amide bonds. The fourth-order valence-electron chi connectivity index (χ4n) is 0.649. The Bertz CT molecular complexity index is 264. The van der Waals surface area contributed by atoms with Gasteiger partial charge in [-0.25, -0.2) is 9.48 Å². The van der Waals surface area contributed by atoms with Crippen molar-refractivity contribution in [1.29, 1.82) is 0 Å². The molecule has 0 aliphatic heterocycles. The first-order valence-corrected chi connectivity index (χ1v) is 3.93. The van der Waals surface area contributed by atoms with E-state index in [2.05, 4.69) is 9.84 Å². The van der Waals surface area contributed by atoms with Crippen LogP contribution in [0, 0.1) is 5.95 Å². The van der Waals surface area contributed by atoms with Gasteiger partial charge in [0.25, 0.3) is 0 Å². The summed E-state index contributed by atoms with van der Waals surface area (Å²) in [7, 11) is 2.62. The maximum atomic E-state index is 12.5. The molecule has 0 radical (unpaired) electrons. The minimum atomic E-state index is -0.635. The fourth-order valence-corrected chi connectivity index (χ4v) is 0.649. The smallest absolute Gasteiger partial charge is 0.358 e. The fraction of sp³-hybridized carbons (Fsp3) is 0.500. The Morgan fingerprint density at radius 1 is 1.62 bits per heavy atom. The van der Waals surface area contributed by atoms with Crippen molar-refractivity contribution < 1.29 is 13.9 Å². The van der Waals surface area contributed by atoms with E-state index in [0.717, 1.165) is 10.7 Å². The summed E-state index contributed by atoms with van der Waals surface area (Å²) in [5, 5.41) is 3.55. The van der Waals surface area contributed by atoms with Gasteiger partial charge in [0, 0.05) is 13.1 Å². The molecule has 0 bridgehead atoms. The zero-order valence-corrected chi connectivity index (χ0v) is 8.17. The maximum Gasteiger partial charge on any atom is 0.358 e. The van der Waals surface area contributed by atoms with Crippen LogP contribution in [0.25, 0.3) is 0 Å². The summed E-state index contributed by atoms with van der Waals surface area (Å²) in [5.74, 6) is -1.20. The Kier molecular flexibility index (Phi) is 4.72. The van der Waals surface area contributed by atoms with Gasteiger partial charge in [-0.2, -0.15) is 9.49 Å². The molecule has 74 valence electrons. The zero-order chi connectivity index (χ0) is 10.4. The van der Waals surface area contributed by atoms with Gasteiger partial charge in [0.15, 0.2) is 5.69 Å². The van der Waals surface area contributed by atoms with Gasteiger partial charge in [0.1, 0.15) is 0 Å². The van der Waals surface area contributed by atoms with E-state index in [9.17, 15) is 9.18 Å². The second-order valence-electron chi connectivity index (χ2n) is 1.97. The molecule has 0 spiro atoms. The first kappa shape index (κ1) is 11.6. The van der Waals surface area contributed by atoms with Crippen LogP contribution in [-0.4, -0.2) is 22.9 Å². The van der Waals surface area contributed by atoms with Gasteiger partial charge in [0.2, 0.25) is 5.95 Å². The van der Waals surface area contributed by atoms with Gasteiger partial charge in [-0.1, -0.05) is 13.8 Å². The van der Waals surface area contributed by atoms with Crippen molar-refractivity contribution in [1.82, 2.24) is 9.78 Å². The third-order valence-electron chi connectivity index (χ3n) is 1.22. The topological polar surface area (TPSA) is 44.1 Å². The summed E-state index contributed by atoms with van der Waals surface area (Å²) in [4.78, 5) is 10.7. The summed E-state index contributed by atoms with van der Waals surface area (Å²) in [5.41, 5.74) is -0.0208. The number of aryl methyl sites for hydroxylation is 1. The number of hydrogen-bond donors (Lipinski definition) is 0. The van der Waals surface area contributed by atoms with Crippen molar-refractivity contribution in [3.63, 3.8) is 0 Å². The van der Waals surface area contributed by atoms with Crippen LogP contribution in [0.1, 0.15) is 24.3 Å². The highest BCUT2D eigenvalue weighted by atomic mass is 19.1. The molecule has 0 aliphatic carbocycles. The van der Waals surface area contributed by atoms with E-state index in [-0.39, 0.29) is 5.69 Å². The minimum absolute atomic E-state index is 0.0208. The van der Waals surface area contributed by atoms with Gasteiger partial charge < -0.3 is 4.74 Å².